The number of hydrogen-bond donors (Lipinski definition) is 4. The van der Waals surface area contributed by atoms with Crippen molar-refractivity contribution in [2.45, 2.75) is 248 Å². The number of piperazine rings is 1. The summed E-state index contributed by atoms with van der Waals surface area (Å²) in [7, 11) is 9.78. The van der Waals surface area contributed by atoms with Gasteiger partial charge in [-0.15, -0.1) is 0 Å². The van der Waals surface area contributed by atoms with Gasteiger partial charge in [0, 0.05) is 108 Å². The van der Waals surface area contributed by atoms with Gasteiger partial charge < -0.3 is 74.7 Å². The molecule has 3 saturated heterocycles. The highest BCUT2D eigenvalue weighted by atomic mass is 16.5. The number of allylic oxidation sites excluding steroid dienone is 2. The minimum Gasteiger partial charge on any atom is -0.459 e. The van der Waals surface area contributed by atoms with Crippen LogP contribution in [-0.4, -0.2) is 302 Å². The molecule has 0 saturated carbocycles. The maximum absolute atomic E-state index is 15.6. The molecule has 592 valence electrons. The largest absolute Gasteiger partial charge is 0.459 e. The van der Waals surface area contributed by atoms with E-state index in [4.69, 9.17) is 14.2 Å². The minimum absolute atomic E-state index is 0.0602. The van der Waals surface area contributed by atoms with Gasteiger partial charge in [0.1, 0.15) is 79.2 Å². The first-order chi connectivity index (χ1) is 48.5. The summed E-state index contributed by atoms with van der Waals surface area (Å²) in [6.45, 7) is 33.3. The number of likely N-dealkylation sites (N-methyl/N-ethyl adjacent to an activating group) is 7. The van der Waals surface area contributed by atoms with Crippen LogP contribution in [0.25, 0.3) is 0 Å². The van der Waals surface area contributed by atoms with Crippen LogP contribution in [0.3, 0.4) is 0 Å². The van der Waals surface area contributed by atoms with Gasteiger partial charge in [-0.3, -0.25) is 67.2 Å². The Morgan fingerprint density at radius 2 is 1.00 bits per heavy atom. The second-order valence-corrected chi connectivity index (χ2v) is 31.1. The van der Waals surface area contributed by atoms with Gasteiger partial charge in [-0.25, -0.2) is 0 Å². The Bertz CT molecular complexity index is 2950. The zero-order chi connectivity index (χ0) is 79.2. The quantitative estimate of drug-likeness (QED) is 0.100. The molecular formula is C75H131N13O16. The van der Waals surface area contributed by atoms with E-state index in [1.54, 1.807) is 66.4 Å². The summed E-state index contributed by atoms with van der Waals surface area (Å²) in [5, 5.41) is 11.1. The number of ether oxygens (including phenoxy) is 3. The van der Waals surface area contributed by atoms with Gasteiger partial charge in [-0.2, -0.15) is 0 Å². The van der Waals surface area contributed by atoms with Crippen molar-refractivity contribution in [3.8, 4) is 0 Å². The Morgan fingerprint density at radius 3 is 1.50 bits per heavy atom. The molecule has 3 heterocycles. The van der Waals surface area contributed by atoms with E-state index in [-0.39, 0.29) is 69.0 Å². The number of esters is 1. The van der Waals surface area contributed by atoms with E-state index in [0.29, 0.717) is 45.4 Å². The summed E-state index contributed by atoms with van der Waals surface area (Å²) in [5.74, 6) is -12.5. The fourth-order valence-corrected chi connectivity index (χ4v) is 14.1. The highest BCUT2D eigenvalue weighted by Gasteiger charge is 2.48. The smallest absolute Gasteiger partial charge is 0.303 e. The van der Waals surface area contributed by atoms with Crippen LogP contribution in [0.15, 0.2) is 12.2 Å². The molecule has 104 heavy (non-hydrogen) atoms. The molecule has 0 aromatic heterocycles. The van der Waals surface area contributed by atoms with Gasteiger partial charge in [0.15, 0.2) is 0 Å². The third kappa shape index (κ3) is 24.9. The fourth-order valence-electron chi connectivity index (χ4n) is 14.1. The first-order valence-electron chi connectivity index (χ1n) is 37.5. The Kier molecular flexibility index (Phi) is 36.9. The van der Waals surface area contributed by atoms with Gasteiger partial charge in [-0.05, 0) is 108 Å². The average Bonchev–Trinajstić information content (AvgIpc) is 0.796. The highest BCUT2D eigenvalue weighted by molar-refractivity contribution is 6.00. The van der Waals surface area contributed by atoms with Crippen LogP contribution in [0.5, 0.6) is 0 Å². The second-order valence-electron chi connectivity index (χ2n) is 31.1. The lowest BCUT2D eigenvalue weighted by Crippen LogP contribution is -2.64. The Hall–Kier alpha value is -7.27. The summed E-state index contributed by atoms with van der Waals surface area (Å²) in [5.41, 5.74) is 0. The second kappa shape index (κ2) is 42.2. The number of carbonyl (C=O) groups excluding carboxylic acids is 13. The van der Waals surface area contributed by atoms with Gasteiger partial charge in [0.05, 0.1) is 6.61 Å². The van der Waals surface area contributed by atoms with Gasteiger partial charge in [-0.1, -0.05) is 102 Å². The van der Waals surface area contributed by atoms with Crippen molar-refractivity contribution in [1.29, 1.82) is 0 Å². The Balaban J connectivity index is 2.35. The predicted molar refractivity (Wildman–Crippen MR) is 395 cm³/mol. The molecular weight excluding hydrogens is 1340 g/mol. The topological polar surface area (TPSA) is 327 Å². The number of carbonyl (C=O) groups is 13. The molecule has 29 nitrogen and oxygen atoms in total. The van der Waals surface area contributed by atoms with Crippen LogP contribution < -0.4 is 21.3 Å². The van der Waals surface area contributed by atoms with E-state index < -0.39 is 167 Å². The van der Waals surface area contributed by atoms with E-state index in [0.717, 1.165) is 34.5 Å². The van der Waals surface area contributed by atoms with E-state index >= 15 is 38.4 Å². The third-order valence-corrected chi connectivity index (χ3v) is 20.6. The number of nitrogens with one attached hydrogen (secondary N) is 4. The standard InChI is InChI=1S/C75H131N13O16/c1-26-28-29-48(13)64(104-53(18)89)63-68(94)78-55(27-2)71(97)80(19)52(17)70(96)85(24)62(49(14)41-103-42-59(90)88-34-32-87(33-35-88)54-30-36-102-37-31-54)67(93)79-60(46(9)10)74(100)81(20)56(38-43(3)4)66(92)76-50(15)65(91)77-51(16)69(95)82(21)57(39-44(5)6)72(98)83(22)58(40-45(7)8)73(99)84(23)61(47(11)12)75(101)86(63)25/h26,28,43-52,54-58,60-64H,27,29-42H2,1-25H3,(H,76,92)(H,77,91)(H,78,94)(H,79,93)/b28-26+/t48-,49-,50+,51-,52-,55+,56+,57+,58+,60+,61+,62+,63+,64-/m1/s1. The van der Waals surface area contributed by atoms with Crippen molar-refractivity contribution in [2.75, 3.05) is 102 Å². The van der Waals surface area contributed by atoms with Crippen LogP contribution in [-0.2, 0) is 76.5 Å². The van der Waals surface area contributed by atoms with Crippen molar-refractivity contribution in [2.24, 2.45) is 41.4 Å². The summed E-state index contributed by atoms with van der Waals surface area (Å²) in [6, 6.07) is -14.3. The number of amides is 12. The van der Waals surface area contributed by atoms with Gasteiger partial charge in [0.25, 0.3) is 0 Å². The molecule has 14 atom stereocenters. The van der Waals surface area contributed by atoms with Crippen molar-refractivity contribution >= 4 is 76.9 Å². The Labute approximate surface area is 620 Å². The van der Waals surface area contributed by atoms with Crippen molar-refractivity contribution < 1.29 is 76.5 Å². The van der Waals surface area contributed by atoms with Gasteiger partial charge >= 0.3 is 5.97 Å². The van der Waals surface area contributed by atoms with Crippen LogP contribution in [0.4, 0.5) is 0 Å². The lowest BCUT2D eigenvalue weighted by atomic mass is 9.91. The summed E-state index contributed by atoms with van der Waals surface area (Å²) in [4.78, 5) is 205. The van der Waals surface area contributed by atoms with E-state index in [1.165, 1.54) is 89.7 Å². The number of nitrogens with zero attached hydrogens (tertiary/aromatic N) is 9. The van der Waals surface area contributed by atoms with E-state index in [9.17, 15) is 24.0 Å². The lowest BCUT2D eigenvalue weighted by molar-refractivity contribution is -0.164. The van der Waals surface area contributed by atoms with Crippen LogP contribution in [0, 0.1) is 41.4 Å². The van der Waals surface area contributed by atoms with Crippen LogP contribution >= 0.6 is 0 Å². The molecule has 12 amide bonds. The van der Waals surface area contributed by atoms with E-state index in [2.05, 4.69) is 26.2 Å². The van der Waals surface area contributed by atoms with Crippen molar-refractivity contribution in [1.82, 2.24) is 65.4 Å². The molecule has 0 unspecified atom stereocenters. The molecule has 0 bridgehead atoms. The van der Waals surface area contributed by atoms with Crippen molar-refractivity contribution in [3.63, 3.8) is 0 Å². The molecule has 0 spiro atoms. The molecule has 0 aliphatic carbocycles. The zero-order valence-corrected chi connectivity index (χ0v) is 67.4. The van der Waals surface area contributed by atoms with Crippen LogP contribution in [0.2, 0.25) is 0 Å². The predicted octanol–water partition coefficient (Wildman–Crippen LogP) is 3.16. The molecule has 29 heteroatoms. The molecule has 0 aromatic rings. The molecule has 3 fully saturated rings. The average molecular weight is 1470 g/mol. The van der Waals surface area contributed by atoms with E-state index in [1.807, 2.05) is 47.6 Å². The first-order valence-corrected chi connectivity index (χ1v) is 37.5. The molecule has 0 radical (unpaired) electrons. The number of rotatable bonds is 20. The summed E-state index contributed by atoms with van der Waals surface area (Å²) >= 11 is 0. The summed E-state index contributed by atoms with van der Waals surface area (Å²) < 4.78 is 17.6. The van der Waals surface area contributed by atoms with Crippen molar-refractivity contribution in [3.05, 3.63) is 12.2 Å². The Morgan fingerprint density at radius 1 is 0.519 bits per heavy atom. The fraction of sp³-hybridized carbons (Fsp3) is 0.800. The molecule has 3 rings (SSSR count). The lowest BCUT2D eigenvalue weighted by Gasteiger charge is -2.42. The maximum atomic E-state index is 15.6. The maximum Gasteiger partial charge on any atom is 0.303 e. The molecule has 3 aliphatic heterocycles. The molecule has 4 N–H and O–H groups in total. The summed E-state index contributed by atoms with van der Waals surface area (Å²) in [6.07, 6.45) is 4.60. The minimum atomic E-state index is -1.66. The third-order valence-electron chi connectivity index (χ3n) is 20.6. The SMILES string of the molecule is C/C=C/C[C@@H](C)[C@@H](OC(C)=O)[C@H]1C(=O)N[C@@H](CC)C(=O)N(C)[C@H](C)C(=O)N(C)[C@@H]([C@H](C)COCC(=O)N2CCN(C3CCOCC3)CC2)C(=O)N[C@@H](C(C)C)C(=O)N(C)[C@@H](CC(C)C)C(=O)N[C@@H](C)C(=O)N[C@H](C)C(=O)N(C)[C@@H](CC(C)C)C(=O)N(C)[C@@H](CC(C)C)C(=O)N(C)[C@@H](C(C)C)C(=O)N1C. The molecule has 0 aromatic carbocycles. The number of hydrogen-bond acceptors (Lipinski definition) is 17. The zero-order valence-electron chi connectivity index (χ0n) is 67.4. The molecule has 3 aliphatic rings. The first kappa shape index (κ1) is 90.9. The highest BCUT2D eigenvalue weighted by Crippen LogP contribution is 2.28. The van der Waals surface area contributed by atoms with Crippen LogP contribution in [0.1, 0.15) is 170 Å². The normalized spacial score (nSPS) is 27.2. The van der Waals surface area contributed by atoms with Gasteiger partial charge in [0.2, 0.25) is 70.9 Å². The monoisotopic (exact) mass is 1470 g/mol.